The first kappa shape index (κ1) is 13.1. The lowest BCUT2D eigenvalue weighted by Gasteiger charge is -2.01. The van der Waals surface area contributed by atoms with Gasteiger partial charge in [-0.2, -0.15) is 0 Å². The van der Waals surface area contributed by atoms with E-state index in [1.165, 1.54) is 11.3 Å². The Labute approximate surface area is 103 Å². The van der Waals surface area contributed by atoms with E-state index in [-0.39, 0.29) is 0 Å². The molecule has 0 aliphatic carbocycles. The lowest BCUT2D eigenvalue weighted by atomic mass is 10.2. The lowest BCUT2D eigenvalue weighted by Crippen LogP contribution is -1.89. The zero-order valence-electron chi connectivity index (χ0n) is 10.7. The highest BCUT2D eigenvalue weighted by molar-refractivity contribution is 5.49. The topological polar surface area (TPSA) is 38.0 Å². The third kappa shape index (κ3) is 4.19. The van der Waals surface area contributed by atoms with Crippen LogP contribution in [0.1, 0.15) is 11.1 Å². The van der Waals surface area contributed by atoms with Crippen LogP contribution in [0, 0.1) is 13.8 Å². The van der Waals surface area contributed by atoms with Gasteiger partial charge in [-0.05, 0) is 37.1 Å². The Bertz CT molecular complexity index is 443. The maximum atomic E-state index is 5.52. The summed E-state index contributed by atoms with van der Waals surface area (Å²) in [6, 6.07) is 16.0. The third-order valence-corrected chi connectivity index (χ3v) is 2.60. The zero-order valence-corrected chi connectivity index (χ0v) is 10.7. The fourth-order valence-electron chi connectivity index (χ4n) is 1.44. The van der Waals surface area contributed by atoms with Gasteiger partial charge in [-0.1, -0.05) is 36.4 Å². The minimum absolute atomic E-state index is 0.868. The molecule has 0 aromatic heterocycles. The second kappa shape index (κ2) is 6.59. The Balaban J connectivity index is 0.000000171. The summed E-state index contributed by atoms with van der Waals surface area (Å²) in [5, 5.41) is 3.10. The third-order valence-electron chi connectivity index (χ3n) is 2.60. The molecule has 2 aromatic carbocycles. The molecule has 90 valence electrons. The van der Waals surface area contributed by atoms with E-state index in [9.17, 15) is 0 Å². The van der Waals surface area contributed by atoms with Crippen LogP contribution in [0.4, 0.5) is 11.4 Å². The minimum Gasteiger partial charge on any atom is -0.399 e. The average molecular weight is 228 g/mol. The Morgan fingerprint density at radius 2 is 1.35 bits per heavy atom. The standard InChI is InChI=1S/C8H11N.C7H9N/c1-7-5-3-4-6-8(7)9-2;1-6-4-2-3-5-7(6)8/h3-6,9H,1-2H3;2-5H,8H2,1H3. The number of hydrogen-bond acceptors (Lipinski definition) is 2. The van der Waals surface area contributed by atoms with E-state index in [2.05, 4.69) is 24.4 Å². The predicted molar refractivity (Wildman–Crippen MR) is 76.3 cm³/mol. The van der Waals surface area contributed by atoms with Crippen molar-refractivity contribution in [3.8, 4) is 0 Å². The van der Waals surface area contributed by atoms with Gasteiger partial charge in [0.25, 0.3) is 0 Å². The summed E-state index contributed by atoms with van der Waals surface area (Å²) in [6.45, 7) is 4.08. The molecule has 3 N–H and O–H groups in total. The van der Waals surface area contributed by atoms with Gasteiger partial charge in [0.1, 0.15) is 0 Å². The zero-order chi connectivity index (χ0) is 12.7. The molecule has 2 heteroatoms. The van der Waals surface area contributed by atoms with Crippen LogP contribution in [0.2, 0.25) is 0 Å². The SMILES string of the molecule is CNc1ccccc1C.Cc1ccccc1N. The quantitative estimate of drug-likeness (QED) is 0.732. The largest absolute Gasteiger partial charge is 0.399 e. The molecule has 0 radical (unpaired) electrons. The summed E-state index contributed by atoms with van der Waals surface area (Å²) in [4.78, 5) is 0. The van der Waals surface area contributed by atoms with Gasteiger partial charge in [0.2, 0.25) is 0 Å². The molecule has 0 unspecified atom stereocenters. The van der Waals surface area contributed by atoms with E-state index in [4.69, 9.17) is 5.73 Å². The van der Waals surface area contributed by atoms with Gasteiger partial charge < -0.3 is 11.1 Å². The number of nitrogens with one attached hydrogen (secondary N) is 1. The summed E-state index contributed by atoms with van der Waals surface area (Å²) < 4.78 is 0. The molecule has 2 aromatic rings. The molecule has 0 heterocycles. The molecule has 0 aliphatic heterocycles. The molecule has 0 saturated heterocycles. The first-order valence-electron chi connectivity index (χ1n) is 5.69. The Hall–Kier alpha value is -1.96. The van der Waals surface area contributed by atoms with Crippen molar-refractivity contribution < 1.29 is 0 Å². The van der Waals surface area contributed by atoms with Crippen molar-refractivity contribution in [1.82, 2.24) is 0 Å². The molecule has 0 aliphatic rings. The molecule has 0 saturated carbocycles. The summed E-state index contributed by atoms with van der Waals surface area (Å²) in [5.74, 6) is 0. The lowest BCUT2D eigenvalue weighted by molar-refractivity contribution is 1.41. The molecule has 0 fully saturated rings. The number of para-hydroxylation sites is 2. The van der Waals surface area contributed by atoms with Crippen molar-refractivity contribution in [2.75, 3.05) is 18.1 Å². The van der Waals surface area contributed by atoms with E-state index in [1.807, 2.05) is 50.4 Å². The monoisotopic (exact) mass is 228 g/mol. The molecule has 0 atom stereocenters. The Morgan fingerprint density at radius 3 is 1.71 bits per heavy atom. The van der Waals surface area contributed by atoms with Gasteiger partial charge in [-0.15, -0.1) is 0 Å². The molecule has 2 nitrogen and oxygen atoms in total. The van der Waals surface area contributed by atoms with Crippen molar-refractivity contribution in [1.29, 1.82) is 0 Å². The highest BCUT2D eigenvalue weighted by Crippen LogP contribution is 2.10. The molecular formula is C15H20N2. The van der Waals surface area contributed by atoms with Crippen molar-refractivity contribution in [3.05, 3.63) is 59.7 Å². The van der Waals surface area contributed by atoms with Crippen LogP contribution in [0.5, 0.6) is 0 Å². The van der Waals surface area contributed by atoms with E-state index in [0.29, 0.717) is 0 Å². The van der Waals surface area contributed by atoms with Crippen molar-refractivity contribution in [2.45, 2.75) is 13.8 Å². The van der Waals surface area contributed by atoms with Gasteiger partial charge in [0.05, 0.1) is 0 Å². The van der Waals surface area contributed by atoms with Crippen LogP contribution in [-0.2, 0) is 0 Å². The molecule has 17 heavy (non-hydrogen) atoms. The first-order valence-corrected chi connectivity index (χ1v) is 5.69. The van der Waals surface area contributed by atoms with Crippen LogP contribution in [0.15, 0.2) is 48.5 Å². The van der Waals surface area contributed by atoms with Crippen molar-refractivity contribution in [2.24, 2.45) is 0 Å². The fraction of sp³-hybridized carbons (Fsp3) is 0.200. The van der Waals surface area contributed by atoms with E-state index in [0.717, 1.165) is 11.3 Å². The fourth-order valence-corrected chi connectivity index (χ4v) is 1.44. The summed E-state index contributed by atoms with van der Waals surface area (Å²) in [6.07, 6.45) is 0. The highest BCUT2D eigenvalue weighted by Gasteiger charge is 1.88. The van der Waals surface area contributed by atoms with Crippen LogP contribution in [0.3, 0.4) is 0 Å². The highest BCUT2D eigenvalue weighted by atomic mass is 14.8. The van der Waals surface area contributed by atoms with E-state index >= 15 is 0 Å². The second-order valence-corrected chi connectivity index (χ2v) is 3.92. The maximum absolute atomic E-state index is 5.52. The van der Waals surface area contributed by atoms with Gasteiger partial charge in [0.15, 0.2) is 0 Å². The molecule has 0 amide bonds. The number of aryl methyl sites for hydroxylation is 2. The Kier molecular flexibility index (Phi) is 5.08. The number of rotatable bonds is 1. The van der Waals surface area contributed by atoms with Gasteiger partial charge >= 0.3 is 0 Å². The van der Waals surface area contributed by atoms with Gasteiger partial charge in [0, 0.05) is 18.4 Å². The van der Waals surface area contributed by atoms with Crippen LogP contribution >= 0.6 is 0 Å². The number of anilines is 2. The van der Waals surface area contributed by atoms with Crippen molar-refractivity contribution >= 4 is 11.4 Å². The molecular weight excluding hydrogens is 208 g/mol. The predicted octanol–water partition coefficient (Wildman–Crippen LogP) is 3.61. The van der Waals surface area contributed by atoms with Gasteiger partial charge in [-0.25, -0.2) is 0 Å². The Morgan fingerprint density at radius 1 is 0.824 bits per heavy atom. The molecule has 0 spiro atoms. The number of hydrogen-bond donors (Lipinski definition) is 2. The molecule has 0 bridgehead atoms. The molecule has 2 rings (SSSR count). The number of nitrogens with two attached hydrogens (primary N) is 1. The second-order valence-electron chi connectivity index (χ2n) is 3.92. The van der Waals surface area contributed by atoms with Crippen LogP contribution < -0.4 is 11.1 Å². The summed E-state index contributed by atoms with van der Waals surface area (Å²) in [5.41, 5.74) is 10.0. The van der Waals surface area contributed by atoms with E-state index < -0.39 is 0 Å². The minimum atomic E-state index is 0.868. The normalized spacial score (nSPS) is 9.12. The maximum Gasteiger partial charge on any atom is 0.0367 e. The van der Waals surface area contributed by atoms with Crippen molar-refractivity contribution in [3.63, 3.8) is 0 Å². The van der Waals surface area contributed by atoms with Crippen LogP contribution in [0.25, 0.3) is 0 Å². The van der Waals surface area contributed by atoms with E-state index in [1.54, 1.807) is 0 Å². The number of benzene rings is 2. The summed E-state index contributed by atoms with van der Waals surface area (Å²) >= 11 is 0. The first-order chi connectivity index (χ1) is 8.15. The summed E-state index contributed by atoms with van der Waals surface area (Å²) in [7, 11) is 1.93. The average Bonchev–Trinajstić information content (AvgIpc) is 2.34. The number of nitrogen functional groups attached to an aromatic ring is 1. The van der Waals surface area contributed by atoms with Gasteiger partial charge in [-0.3, -0.25) is 0 Å². The van der Waals surface area contributed by atoms with Crippen LogP contribution in [-0.4, -0.2) is 7.05 Å². The smallest absolute Gasteiger partial charge is 0.0367 e.